The Labute approximate surface area is 201 Å². The summed E-state index contributed by atoms with van der Waals surface area (Å²) >= 11 is 4.31. The second-order valence-electron chi connectivity index (χ2n) is 6.09. The summed E-state index contributed by atoms with van der Waals surface area (Å²) < 4.78 is 1.97. The molecule has 0 atom stereocenters. The first-order chi connectivity index (χ1) is 14.5. The Balaban J connectivity index is 1.52. The molecule has 30 heavy (non-hydrogen) atoms. The smallest absolute Gasteiger partial charge is 0.267 e. The summed E-state index contributed by atoms with van der Waals surface area (Å²) in [6.07, 6.45) is 3.12. The maximum atomic E-state index is 12.1. The van der Waals surface area contributed by atoms with Crippen molar-refractivity contribution in [1.82, 2.24) is 10.9 Å². The third kappa shape index (κ3) is 6.73. The lowest BCUT2D eigenvalue weighted by atomic mass is 10.2. The van der Waals surface area contributed by atoms with E-state index in [2.05, 4.69) is 66.2 Å². The topological polar surface area (TPSA) is 82.9 Å². The number of nitrogens with zero attached hydrogens (tertiary/aromatic N) is 2. The Morgan fingerprint density at radius 1 is 0.667 bits per heavy atom. The van der Waals surface area contributed by atoms with Crippen LogP contribution in [0.3, 0.4) is 0 Å². The maximum absolute atomic E-state index is 12.1. The second-order valence-corrected chi connectivity index (χ2v) is 8.58. The van der Waals surface area contributed by atoms with E-state index in [0.29, 0.717) is 11.1 Å². The summed E-state index contributed by atoms with van der Waals surface area (Å²) in [7, 11) is 0. The van der Waals surface area contributed by atoms with Crippen molar-refractivity contribution in [3.8, 4) is 0 Å². The van der Waals surface area contributed by atoms with Gasteiger partial charge in [0.05, 0.1) is 12.4 Å². The molecule has 0 aliphatic heterocycles. The minimum Gasteiger partial charge on any atom is -0.267 e. The predicted octanol–water partition coefficient (Wildman–Crippen LogP) is 4.42. The number of carbonyl (C=O) groups excluding carboxylic acids is 2. The van der Waals surface area contributed by atoms with Crippen LogP contribution in [0.5, 0.6) is 0 Å². The van der Waals surface area contributed by atoms with Crippen molar-refractivity contribution in [3.05, 3.63) is 102 Å². The van der Waals surface area contributed by atoms with E-state index in [1.807, 2.05) is 48.5 Å². The van der Waals surface area contributed by atoms with Gasteiger partial charge in [-0.25, -0.2) is 10.9 Å². The Bertz CT molecular complexity index is 1020. The van der Waals surface area contributed by atoms with Gasteiger partial charge in [0, 0.05) is 18.3 Å². The molecule has 2 amide bonds. The van der Waals surface area contributed by atoms with Gasteiger partial charge in [-0.1, -0.05) is 36.4 Å². The van der Waals surface area contributed by atoms with Crippen LogP contribution in [0.2, 0.25) is 0 Å². The molecule has 0 fully saturated rings. The molecule has 150 valence electrons. The van der Waals surface area contributed by atoms with Gasteiger partial charge >= 0.3 is 0 Å². The molecule has 0 unspecified atom stereocenters. The highest BCUT2D eigenvalue weighted by atomic mass is 127. The Morgan fingerprint density at radius 2 is 1.07 bits per heavy atom. The van der Waals surface area contributed by atoms with E-state index >= 15 is 0 Å². The van der Waals surface area contributed by atoms with Crippen molar-refractivity contribution in [2.75, 3.05) is 0 Å². The molecule has 0 aliphatic carbocycles. The molecule has 2 N–H and O–H groups in total. The number of carbonyl (C=O) groups is 2. The summed E-state index contributed by atoms with van der Waals surface area (Å²) in [5.41, 5.74) is 7.76. The number of hydrogen-bond acceptors (Lipinski definition) is 4. The standard InChI is InChI=1S/C22H16I2N4O2/c23-19-5-1-3-17(11-19)21(29)27-25-13-15-7-9-16(10-8-15)14-26-28-22(30)18-4-2-6-20(24)12-18/h1-14H,(H,27,29)(H,28,30)/b25-13+,26-14+. The van der Waals surface area contributed by atoms with E-state index in [0.717, 1.165) is 18.3 Å². The van der Waals surface area contributed by atoms with Gasteiger partial charge in [0.1, 0.15) is 0 Å². The van der Waals surface area contributed by atoms with Gasteiger partial charge < -0.3 is 0 Å². The fourth-order valence-electron chi connectivity index (χ4n) is 2.39. The van der Waals surface area contributed by atoms with Gasteiger partial charge in [-0.2, -0.15) is 10.2 Å². The quantitative estimate of drug-likeness (QED) is 0.243. The summed E-state index contributed by atoms with van der Waals surface area (Å²) in [5.74, 6) is -0.533. The van der Waals surface area contributed by atoms with Gasteiger partial charge in [0.25, 0.3) is 11.8 Å². The monoisotopic (exact) mass is 622 g/mol. The molecule has 0 bridgehead atoms. The van der Waals surface area contributed by atoms with Crippen molar-refractivity contribution >= 4 is 69.4 Å². The Kier molecular flexibility index (Phi) is 8.08. The first kappa shape index (κ1) is 22.1. The van der Waals surface area contributed by atoms with Crippen LogP contribution in [0.25, 0.3) is 0 Å². The molecule has 6 nitrogen and oxygen atoms in total. The molecule has 3 rings (SSSR count). The van der Waals surface area contributed by atoms with Crippen LogP contribution in [0, 0.1) is 7.14 Å². The normalized spacial score (nSPS) is 11.0. The number of rotatable bonds is 6. The highest BCUT2D eigenvalue weighted by Crippen LogP contribution is 2.08. The summed E-state index contributed by atoms with van der Waals surface area (Å²) in [6.45, 7) is 0. The number of amides is 2. The van der Waals surface area contributed by atoms with Crippen LogP contribution in [0.15, 0.2) is 83.0 Å². The SMILES string of the molecule is O=C(N/N=C/c1ccc(/C=N/NC(=O)c2cccc(I)c2)cc1)c1cccc(I)c1. The second kappa shape index (κ2) is 11.0. The zero-order valence-corrected chi connectivity index (χ0v) is 19.9. The van der Waals surface area contributed by atoms with Crippen molar-refractivity contribution in [2.24, 2.45) is 10.2 Å². The fraction of sp³-hybridized carbons (Fsp3) is 0. The zero-order valence-electron chi connectivity index (χ0n) is 15.5. The molecule has 0 saturated carbocycles. The first-order valence-electron chi connectivity index (χ1n) is 8.79. The highest BCUT2D eigenvalue weighted by molar-refractivity contribution is 14.1. The van der Waals surface area contributed by atoms with Gasteiger partial charge in [0.2, 0.25) is 0 Å². The predicted molar refractivity (Wildman–Crippen MR) is 135 cm³/mol. The average Bonchev–Trinajstić information content (AvgIpc) is 2.74. The molecule has 0 saturated heterocycles. The third-order valence-electron chi connectivity index (χ3n) is 3.87. The van der Waals surface area contributed by atoms with Crippen LogP contribution in [0.1, 0.15) is 31.8 Å². The molecule has 3 aromatic rings. The largest absolute Gasteiger partial charge is 0.271 e. The van der Waals surface area contributed by atoms with Crippen LogP contribution < -0.4 is 10.9 Å². The Hall–Kier alpha value is -2.60. The van der Waals surface area contributed by atoms with Crippen molar-refractivity contribution in [1.29, 1.82) is 0 Å². The third-order valence-corrected chi connectivity index (χ3v) is 5.21. The van der Waals surface area contributed by atoms with Crippen LogP contribution in [-0.4, -0.2) is 24.2 Å². The number of benzene rings is 3. The van der Waals surface area contributed by atoms with E-state index in [4.69, 9.17) is 0 Å². The van der Waals surface area contributed by atoms with Gasteiger partial charge in [-0.3, -0.25) is 9.59 Å². The lowest BCUT2D eigenvalue weighted by molar-refractivity contribution is 0.0947. The van der Waals surface area contributed by atoms with E-state index in [9.17, 15) is 9.59 Å². The summed E-state index contributed by atoms with van der Waals surface area (Å²) in [6, 6.07) is 21.9. The average molecular weight is 622 g/mol. The lowest BCUT2D eigenvalue weighted by Gasteiger charge is -2.01. The summed E-state index contributed by atoms with van der Waals surface area (Å²) in [5, 5.41) is 7.97. The van der Waals surface area contributed by atoms with Crippen molar-refractivity contribution in [2.45, 2.75) is 0 Å². The maximum Gasteiger partial charge on any atom is 0.271 e. The number of hydrogen-bond donors (Lipinski definition) is 2. The number of halogens is 2. The molecule has 0 spiro atoms. The Morgan fingerprint density at radius 3 is 1.43 bits per heavy atom. The molecule has 3 aromatic carbocycles. The molecule has 0 radical (unpaired) electrons. The van der Waals surface area contributed by atoms with E-state index in [1.54, 1.807) is 36.7 Å². The minimum atomic E-state index is -0.266. The number of hydrazone groups is 2. The molecule has 0 aliphatic rings. The van der Waals surface area contributed by atoms with Crippen molar-refractivity contribution < 1.29 is 9.59 Å². The summed E-state index contributed by atoms with van der Waals surface area (Å²) in [4.78, 5) is 24.1. The molecular formula is C22H16I2N4O2. The van der Waals surface area contributed by atoms with Crippen molar-refractivity contribution in [3.63, 3.8) is 0 Å². The van der Waals surface area contributed by atoms with Gasteiger partial charge in [-0.15, -0.1) is 0 Å². The molecule has 8 heteroatoms. The number of nitrogens with one attached hydrogen (secondary N) is 2. The minimum absolute atomic E-state index is 0.266. The van der Waals surface area contributed by atoms with E-state index in [-0.39, 0.29) is 11.8 Å². The van der Waals surface area contributed by atoms with E-state index < -0.39 is 0 Å². The van der Waals surface area contributed by atoms with Crippen LogP contribution in [0.4, 0.5) is 0 Å². The zero-order chi connectivity index (χ0) is 21.3. The lowest BCUT2D eigenvalue weighted by Crippen LogP contribution is -2.17. The van der Waals surface area contributed by atoms with E-state index in [1.165, 1.54) is 0 Å². The van der Waals surface area contributed by atoms with Gasteiger partial charge in [-0.05, 0) is 92.7 Å². The molecule has 0 aromatic heterocycles. The first-order valence-corrected chi connectivity index (χ1v) is 10.9. The molecular weight excluding hydrogens is 606 g/mol. The van der Waals surface area contributed by atoms with Crippen LogP contribution in [-0.2, 0) is 0 Å². The van der Waals surface area contributed by atoms with Crippen LogP contribution >= 0.6 is 45.2 Å². The molecule has 0 heterocycles. The highest BCUT2D eigenvalue weighted by Gasteiger charge is 2.04. The fourth-order valence-corrected chi connectivity index (χ4v) is 3.47. The van der Waals surface area contributed by atoms with Gasteiger partial charge in [0.15, 0.2) is 0 Å².